The van der Waals surface area contributed by atoms with E-state index in [4.69, 9.17) is 14.6 Å². The molecule has 2 unspecified atom stereocenters. The molecule has 6 nitrogen and oxygen atoms in total. The van der Waals surface area contributed by atoms with E-state index in [0.717, 1.165) is 0 Å². The summed E-state index contributed by atoms with van der Waals surface area (Å²) in [6.45, 7) is 3.06. The highest BCUT2D eigenvalue weighted by Crippen LogP contribution is 2.22. The maximum Gasteiger partial charge on any atom is 0.186 e. The Morgan fingerprint density at radius 2 is 1.50 bits per heavy atom. The molecule has 4 N–H and O–H groups in total. The van der Waals surface area contributed by atoms with E-state index in [1.165, 1.54) is 0 Å². The van der Waals surface area contributed by atoms with Crippen LogP contribution >= 0.6 is 0 Å². The van der Waals surface area contributed by atoms with Crippen LogP contribution in [0, 0.1) is 0 Å². The molecule has 1 saturated heterocycles. The predicted molar refractivity (Wildman–Crippen MR) is 70.2 cm³/mol. The number of hydrogen-bond donors (Lipinski definition) is 4. The molecule has 0 aromatic rings. The third-order valence-corrected chi connectivity index (χ3v) is 2.25. The second kappa shape index (κ2) is 9.66. The summed E-state index contributed by atoms with van der Waals surface area (Å²) in [5.74, 6) is 0. The van der Waals surface area contributed by atoms with Gasteiger partial charge in [-0.2, -0.15) is 0 Å². The van der Waals surface area contributed by atoms with E-state index in [2.05, 4.69) is 0 Å². The average Bonchev–Trinajstić information content (AvgIpc) is 2.18. The van der Waals surface area contributed by atoms with Crippen LogP contribution in [0.25, 0.3) is 0 Å². The molecule has 0 bridgehead atoms. The third-order valence-electron chi connectivity index (χ3n) is 2.25. The van der Waals surface area contributed by atoms with Gasteiger partial charge < -0.3 is 29.9 Å². The van der Waals surface area contributed by atoms with Crippen molar-refractivity contribution in [3.8, 4) is 0 Å². The first kappa shape index (κ1) is 22.9. The van der Waals surface area contributed by atoms with Crippen LogP contribution in [0.5, 0.6) is 0 Å². The number of aliphatic hydroxyl groups is 4. The van der Waals surface area contributed by atoms with Gasteiger partial charge in [0, 0.05) is 0 Å². The maximum atomic E-state index is 9.53. The second-order valence-electron chi connectivity index (χ2n) is 3.88. The smallest absolute Gasteiger partial charge is 0.186 e. The summed E-state index contributed by atoms with van der Waals surface area (Å²) in [4.78, 5) is 0. The SMILES string of the molecule is C.C.C.CC(C)O[C@H]1OC(CO)[C@@H](O)[C@H](O)C1O. The zero-order chi connectivity index (χ0) is 11.6. The Hall–Kier alpha value is -0.240. The Kier molecular flexibility index (Phi) is 12.3. The van der Waals surface area contributed by atoms with Gasteiger partial charge in [-0.05, 0) is 13.8 Å². The van der Waals surface area contributed by atoms with Crippen LogP contribution in [-0.4, -0.2) is 63.8 Å². The minimum absolute atomic E-state index is 0. The van der Waals surface area contributed by atoms with E-state index < -0.39 is 37.3 Å². The molecule has 0 radical (unpaired) electrons. The molecule has 1 aliphatic heterocycles. The van der Waals surface area contributed by atoms with Crippen molar-refractivity contribution in [3.63, 3.8) is 0 Å². The van der Waals surface area contributed by atoms with Gasteiger partial charge in [-0.25, -0.2) is 0 Å². The molecule has 0 aromatic carbocycles. The van der Waals surface area contributed by atoms with Crippen LogP contribution in [0.2, 0.25) is 0 Å². The van der Waals surface area contributed by atoms with Gasteiger partial charge >= 0.3 is 0 Å². The molecule has 114 valence electrons. The van der Waals surface area contributed by atoms with Gasteiger partial charge in [0.25, 0.3) is 0 Å². The highest BCUT2D eigenvalue weighted by atomic mass is 16.7. The topological polar surface area (TPSA) is 99.4 Å². The average molecular weight is 270 g/mol. The highest BCUT2D eigenvalue weighted by molar-refractivity contribution is 4.88. The lowest BCUT2D eigenvalue weighted by atomic mass is 9.99. The van der Waals surface area contributed by atoms with Crippen molar-refractivity contribution in [2.45, 2.75) is 72.9 Å². The van der Waals surface area contributed by atoms with Gasteiger partial charge in [0.1, 0.15) is 24.4 Å². The van der Waals surface area contributed by atoms with Crippen LogP contribution < -0.4 is 0 Å². The molecule has 0 saturated carbocycles. The Morgan fingerprint density at radius 3 is 1.89 bits per heavy atom. The lowest BCUT2D eigenvalue weighted by molar-refractivity contribution is -0.308. The molecular weight excluding hydrogens is 240 g/mol. The Morgan fingerprint density at radius 1 is 1.00 bits per heavy atom. The zero-order valence-corrected chi connectivity index (χ0v) is 8.78. The molecule has 0 aliphatic carbocycles. The lowest BCUT2D eigenvalue weighted by Crippen LogP contribution is -2.59. The quantitative estimate of drug-likeness (QED) is 0.581. The maximum absolute atomic E-state index is 9.53. The Balaban J connectivity index is -0.000000750. The normalized spacial score (nSPS) is 35.2. The molecule has 18 heavy (non-hydrogen) atoms. The van der Waals surface area contributed by atoms with Crippen LogP contribution in [0.3, 0.4) is 0 Å². The molecule has 1 rings (SSSR count). The summed E-state index contributed by atoms with van der Waals surface area (Å²) in [5.41, 5.74) is 0. The first-order valence-corrected chi connectivity index (χ1v) is 4.93. The van der Waals surface area contributed by atoms with Gasteiger partial charge in [0.05, 0.1) is 12.7 Å². The third kappa shape index (κ3) is 5.17. The molecule has 1 fully saturated rings. The van der Waals surface area contributed by atoms with Crippen molar-refractivity contribution >= 4 is 0 Å². The number of rotatable bonds is 3. The standard InChI is InChI=1S/C9H18O6.3CH4/c1-4(2)14-9-8(13)7(12)6(11)5(3-10)15-9;;;/h4-13H,3H2,1-2H3;3*1H4/t5?,6-,7+,8?,9+;;;/m1.../s1. The van der Waals surface area contributed by atoms with Crippen molar-refractivity contribution in [1.82, 2.24) is 0 Å². The van der Waals surface area contributed by atoms with Crippen LogP contribution in [0.4, 0.5) is 0 Å². The van der Waals surface area contributed by atoms with E-state index in [1.54, 1.807) is 13.8 Å². The number of ether oxygens (including phenoxy) is 2. The molecule has 1 heterocycles. The molecule has 0 spiro atoms. The van der Waals surface area contributed by atoms with E-state index in [0.29, 0.717) is 0 Å². The summed E-state index contributed by atoms with van der Waals surface area (Å²) < 4.78 is 10.3. The van der Waals surface area contributed by atoms with Crippen molar-refractivity contribution in [2.75, 3.05) is 6.61 Å². The van der Waals surface area contributed by atoms with E-state index >= 15 is 0 Å². The van der Waals surface area contributed by atoms with E-state index in [-0.39, 0.29) is 28.4 Å². The summed E-state index contributed by atoms with van der Waals surface area (Å²) in [7, 11) is 0. The molecule has 0 amide bonds. The van der Waals surface area contributed by atoms with Crippen LogP contribution in [0.15, 0.2) is 0 Å². The first-order chi connectivity index (χ1) is 6.97. The summed E-state index contributed by atoms with van der Waals surface area (Å²) in [6, 6.07) is 0. The fourth-order valence-electron chi connectivity index (χ4n) is 1.45. The van der Waals surface area contributed by atoms with E-state index in [1.807, 2.05) is 0 Å². The molecule has 1 aliphatic rings. The summed E-state index contributed by atoms with van der Waals surface area (Å²) in [6.07, 6.45) is -6.15. The minimum atomic E-state index is -1.38. The Bertz CT molecular complexity index is 197. The van der Waals surface area contributed by atoms with Crippen LogP contribution in [0.1, 0.15) is 36.1 Å². The van der Waals surface area contributed by atoms with Crippen molar-refractivity contribution < 1.29 is 29.9 Å². The predicted octanol–water partition coefficient (Wildman–Crippen LogP) is 0.120. The summed E-state index contributed by atoms with van der Waals surface area (Å²) in [5, 5.41) is 37.3. The highest BCUT2D eigenvalue weighted by Gasteiger charge is 2.44. The van der Waals surface area contributed by atoms with Gasteiger partial charge in [-0.3, -0.25) is 0 Å². The Labute approximate surface area is 110 Å². The van der Waals surface area contributed by atoms with Gasteiger partial charge in [0.2, 0.25) is 0 Å². The van der Waals surface area contributed by atoms with Gasteiger partial charge in [0.15, 0.2) is 6.29 Å². The van der Waals surface area contributed by atoms with Crippen molar-refractivity contribution in [2.24, 2.45) is 0 Å². The van der Waals surface area contributed by atoms with Gasteiger partial charge in [-0.15, -0.1) is 0 Å². The fraction of sp³-hybridized carbons (Fsp3) is 1.00. The van der Waals surface area contributed by atoms with Crippen molar-refractivity contribution in [1.29, 1.82) is 0 Å². The molecule has 5 atom stereocenters. The first-order valence-electron chi connectivity index (χ1n) is 4.93. The van der Waals surface area contributed by atoms with Crippen LogP contribution in [-0.2, 0) is 9.47 Å². The minimum Gasteiger partial charge on any atom is -0.394 e. The number of hydrogen-bond acceptors (Lipinski definition) is 6. The molecule has 0 aromatic heterocycles. The second-order valence-corrected chi connectivity index (χ2v) is 3.88. The van der Waals surface area contributed by atoms with Gasteiger partial charge in [-0.1, -0.05) is 22.3 Å². The fourth-order valence-corrected chi connectivity index (χ4v) is 1.45. The van der Waals surface area contributed by atoms with Crippen molar-refractivity contribution in [3.05, 3.63) is 0 Å². The monoisotopic (exact) mass is 270 g/mol. The largest absolute Gasteiger partial charge is 0.394 e. The number of aliphatic hydroxyl groups excluding tert-OH is 4. The molecular formula is C12H30O6. The molecule has 6 heteroatoms. The lowest BCUT2D eigenvalue weighted by Gasteiger charge is -2.40. The van der Waals surface area contributed by atoms with E-state index in [9.17, 15) is 15.3 Å². The summed E-state index contributed by atoms with van der Waals surface area (Å²) >= 11 is 0. The zero-order valence-electron chi connectivity index (χ0n) is 8.78.